The number of amides is 1. The average molecular weight is 325 g/mol. The SMILES string of the molecule is CCN1CC(CNC2C(O)C(O)C3OC23)C2C(=O)NC(N)=NC21. The number of aliphatic hydroxyl groups excluding tert-OH is 2. The first-order valence-corrected chi connectivity index (χ1v) is 8.14. The van der Waals surface area contributed by atoms with Gasteiger partial charge in [-0.15, -0.1) is 0 Å². The van der Waals surface area contributed by atoms with Crippen LogP contribution in [0.3, 0.4) is 0 Å². The van der Waals surface area contributed by atoms with Crippen LogP contribution in [0.25, 0.3) is 0 Å². The van der Waals surface area contributed by atoms with Crippen molar-refractivity contribution in [3.63, 3.8) is 0 Å². The molecule has 3 aliphatic heterocycles. The summed E-state index contributed by atoms with van der Waals surface area (Å²) < 4.78 is 5.35. The van der Waals surface area contributed by atoms with Gasteiger partial charge in [0.05, 0.1) is 12.0 Å². The van der Waals surface area contributed by atoms with Gasteiger partial charge in [-0.25, -0.2) is 4.99 Å². The molecule has 128 valence electrons. The summed E-state index contributed by atoms with van der Waals surface area (Å²) in [5.41, 5.74) is 5.67. The molecule has 4 aliphatic rings. The van der Waals surface area contributed by atoms with Gasteiger partial charge in [0.25, 0.3) is 0 Å². The minimum atomic E-state index is -0.830. The van der Waals surface area contributed by atoms with E-state index in [1.807, 2.05) is 6.92 Å². The van der Waals surface area contributed by atoms with Crippen molar-refractivity contribution in [1.82, 2.24) is 15.5 Å². The van der Waals surface area contributed by atoms with E-state index in [1.165, 1.54) is 0 Å². The van der Waals surface area contributed by atoms with Gasteiger partial charge in [0.15, 0.2) is 5.96 Å². The van der Waals surface area contributed by atoms with E-state index in [1.54, 1.807) is 0 Å². The second-order valence-corrected chi connectivity index (χ2v) is 6.77. The van der Waals surface area contributed by atoms with E-state index in [4.69, 9.17) is 10.5 Å². The Hall–Kier alpha value is -1.26. The first-order valence-electron chi connectivity index (χ1n) is 8.14. The number of nitrogens with one attached hydrogen (secondary N) is 2. The van der Waals surface area contributed by atoms with Crippen LogP contribution in [-0.4, -0.2) is 83.2 Å². The lowest BCUT2D eigenvalue weighted by Gasteiger charge is -2.28. The summed E-state index contributed by atoms with van der Waals surface area (Å²) in [4.78, 5) is 18.8. The first kappa shape index (κ1) is 15.3. The normalized spacial score (nSPS) is 48.7. The molecule has 9 heteroatoms. The molecule has 4 rings (SSSR count). The zero-order valence-corrected chi connectivity index (χ0v) is 12.9. The van der Waals surface area contributed by atoms with Gasteiger partial charge < -0.3 is 26.0 Å². The third kappa shape index (κ3) is 2.34. The molecule has 3 fully saturated rings. The summed E-state index contributed by atoms with van der Waals surface area (Å²) in [6, 6.07) is -0.288. The number of likely N-dealkylation sites (tertiary alicyclic amines) is 1. The van der Waals surface area contributed by atoms with E-state index in [2.05, 4.69) is 20.5 Å². The third-order valence-corrected chi connectivity index (χ3v) is 5.49. The lowest BCUT2D eigenvalue weighted by molar-refractivity contribution is -0.125. The van der Waals surface area contributed by atoms with E-state index in [0.29, 0.717) is 6.54 Å². The number of aliphatic imine (C=N–C) groups is 1. The Labute approximate surface area is 133 Å². The highest BCUT2D eigenvalue weighted by Gasteiger charge is 2.61. The zero-order valence-electron chi connectivity index (χ0n) is 12.9. The maximum atomic E-state index is 12.3. The number of guanidine groups is 1. The van der Waals surface area contributed by atoms with Gasteiger partial charge in [-0.05, 0) is 12.5 Å². The van der Waals surface area contributed by atoms with E-state index in [-0.39, 0.29) is 48.1 Å². The summed E-state index contributed by atoms with van der Waals surface area (Å²) in [6.07, 6.45) is -2.26. The Bertz CT molecular complexity index is 543. The number of fused-ring (bicyclic) bond motifs is 2. The summed E-state index contributed by atoms with van der Waals surface area (Å²) in [5.74, 6) is -0.113. The zero-order chi connectivity index (χ0) is 16.3. The maximum Gasteiger partial charge on any atom is 0.233 e. The van der Waals surface area contributed by atoms with E-state index in [9.17, 15) is 15.0 Å². The Morgan fingerprint density at radius 3 is 2.87 bits per heavy atom. The molecule has 0 aromatic heterocycles. The predicted molar refractivity (Wildman–Crippen MR) is 80.2 cm³/mol. The van der Waals surface area contributed by atoms with Gasteiger partial charge in [-0.2, -0.15) is 0 Å². The highest BCUT2D eigenvalue weighted by atomic mass is 16.6. The van der Waals surface area contributed by atoms with Gasteiger partial charge in [-0.3, -0.25) is 15.0 Å². The van der Waals surface area contributed by atoms with E-state index in [0.717, 1.165) is 13.1 Å². The van der Waals surface area contributed by atoms with Crippen molar-refractivity contribution >= 4 is 11.9 Å². The molecular formula is C14H23N5O4. The summed E-state index contributed by atoms with van der Waals surface area (Å²) >= 11 is 0. The Morgan fingerprint density at radius 2 is 2.22 bits per heavy atom. The first-order chi connectivity index (χ1) is 11.0. The number of rotatable bonds is 4. The molecule has 0 radical (unpaired) electrons. The van der Waals surface area contributed by atoms with Crippen LogP contribution in [0.5, 0.6) is 0 Å². The number of aliphatic hydroxyl groups is 2. The molecule has 8 unspecified atom stereocenters. The number of nitrogens with two attached hydrogens (primary N) is 1. The van der Waals surface area contributed by atoms with E-state index < -0.39 is 12.2 Å². The second-order valence-electron chi connectivity index (χ2n) is 6.77. The summed E-state index contributed by atoms with van der Waals surface area (Å²) in [7, 11) is 0. The Balaban J connectivity index is 1.44. The minimum absolute atomic E-state index is 0.0685. The number of carbonyl (C=O) groups excluding carboxylic acids is 1. The molecule has 1 saturated carbocycles. The maximum absolute atomic E-state index is 12.3. The van der Waals surface area contributed by atoms with Crippen LogP contribution in [0.15, 0.2) is 4.99 Å². The van der Waals surface area contributed by atoms with Crippen molar-refractivity contribution in [1.29, 1.82) is 0 Å². The average Bonchev–Trinajstić information content (AvgIpc) is 3.15. The van der Waals surface area contributed by atoms with Crippen molar-refractivity contribution in [2.45, 2.75) is 43.5 Å². The van der Waals surface area contributed by atoms with Crippen LogP contribution in [0.2, 0.25) is 0 Å². The van der Waals surface area contributed by atoms with Crippen molar-refractivity contribution in [2.75, 3.05) is 19.6 Å². The fourth-order valence-corrected chi connectivity index (χ4v) is 4.22. The van der Waals surface area contributed by atoms with E-state index >= 15 is 0 Å². The van der Waals surface area contributed by atoms with Crippen LogP contribution >= 0.6 is 0 Å². The predicted octanol–water partition coefficient (Wildman–Crippen LogP) is -3.21. The topological polar surface area (TPSA) is 136 Å². The van der Waals surface area contributed by atoms with Crippen LogP contribution in [0, 0.1) is 11.8 Å². The number of ether oxygens (including phenoxy) is 1. The molecular weight excluding hydrogens is 302 g/mol. The lowest BCUT2D eigenvalue weighted by atomic mass is 9.91. The van der Waals surface area contributed by atoms with Gasteiger partial charge in [0.1, 0.15) is 30.6 Å². The summed E-state index contributed by atoms with van der Waals surface area (Å²) in [6.45, 7) is 4.12. The molecule has 0 bridgehead atoms. The van der Waals surface area contributed by atoms with Crippen molar-refractivity contribution in [2.24, 2.45) is 22.6 Å². The molecule has 9 nitrogen and oxygen atoms in total. The molecule has 0 aromatic carbocycles. The Morgan fingerprint density at radius 1 is 1.43 bits per heavy atom. The van der Waals surface area contributed by atoms with Gasteiger partial charge >= 0.3 is 0 Å². The Kier molecular flexibility index (Phi) is 3.58. The standard InChI is InChI=1S/C14H23N5O4/c1-2-19-4-5(6-12(19)17-14(15)18-13(6)22)3-16-7-8(20)9(21)11-10(7)23-11/h5-12,16,20-21H,2-4H2,1H3,(H3,15,17,18,22). The third-order valence-electron chi connectivity index (χ3n) is 5.49. The van der Waals surface area contributed by atoms with Crippen molar-refractivity contribution in [3.8, 4) is 0 Å². The smallest absolute Gasteiger partial charge is 0.233 e. The number of nitrogens with zero attached hydrogens (tertiary/aromatic N) is 2. The van der Waals surface area contributed by atoms with Crippen LogP contribution in [0.4, 0.5) is 0 Å². The molecule has 0 spiro atoms. The molecule has 1 aliphatic carbocycles. The lowest BCUT2D eigenvalue weighted by Crippen LogP contribution is -2.53. The molecule has 3 heterocycles. The quantitative estimate of drug-likeness (QED) is 0.343. The number of epoxide rings is 1. The van der Waals surface area contributed by atoms with Crippen LogP contribution < -0.4 is 16.4 Å². The number of hydrogen-bond donors (Lipinski definition) is 5. The van der Waals surface area contributed by atoms with Crippen molar-refractivity contribution in [3.05, 3.63) is 0 Å². The highest BCUT2D eigenvalue weighted by Crippen LogP contribution is 2.40. The largest absolute Gasteiger partial charge is 0.389 e. The fraction of sp³-hybridized carbons (Fsp3) is 0.857. The molecule has 0 aromatic rings. The summed E-state index contributed by atoms with van der Waals surface area (Å²) in [5, 5.41) is 25.7. The van der Waals surface area contributed by atoms with Gasteiger partial charge in [0, 0.05) is 13.1 Å². The monoisotopic (exact) mass is 325 g/mol. The highest BCUT2D eigenvalue weighted by molar-refractivity contribution is 5.99. The molecule has 1 amide bonds. The fourth-order valence-electron chi connectivity index (χ4n) is 4.22. The number of carbonyl (C=O) groups is 1. The van der Waals surface area contributed by atoms with Gasteiger partial charge in [0.2, 0.25) is 5.91 Å². The molecule has 6 N–H and O–H groups in total. The molecule has 23 heavy (non-hydrogen) atoms. The van der Waals surface area contributed by atoms with Crippen LogP contribution in [-0.2, 0) is 9.53 Å². The minimum Gasteiger partial charge on any atom is -0.389 e. The van der Waals surface area contributed by atoms with Gasteiger partial charge in [-0.1, -0.05) is 6.92 Å². The van der Waals surface area contributed by atoms with Crippen molar-refractivity contribution < 1.29 is 19.7 Å². The van der Waals surface area contributed by atoms with Crippen LogP contribution in [0.1, 0.15) is 6.92 Å². The molecule has 2 saturated heterocycles. The molecule has 8 atom stereocenters. The second kappa shape index (κ2) is 5.38. The number of hydrogen-bond acceptors (Lipinski definition) is 8.